The SMILES string of the molecule is C[C@@H](NC1CC[C@H](c2ccc(C(=O)N3CCC(O)CC3)cc2)C1)c1ccc(F)cc1O. The van der Waals surface area contributed by atoms with Gasteiger partial charge in [-0.3, -0.25) is 4.79 Å². The first-order chi connectivity index (χ1) is 14.9. The number of likely N-dealkylation sites (tertiary alicyclic amines) is 1. The van der Waals surface area contributed by atoms with Crippen molar-refractivity contribution in [1.29, 1.82) is 0 Å². The molecule has 4 rings (SSSR count). The molecule has 1 heterocycles. The lowest BCUT2D eigenvalue weighted by Gasteiger charge is -2.29. The summed E-state index contributed by atoms with van der Waals surface area (Å²) in [6.45, 7) is 3.21. The molecule has 3 atom stereocenters. The number of hydrogen-bond acceptors (Lipinski definition) is 4. The van der Waals surface area contributed by atoms with Crippen LogP contribution in [0.3, 0.4) is 0 Å². The van der Waals surface area contributed by atoms with Gasteiger partial charge in [-0.15, -0.1) is 0 Å². The molecule has 1 aliphatic carbocycles. The maximum Gasteiger partial charge on any atom is 0.253 e. The zero-order valence-electron chi connectivity index (χ0n) is 17.9. The molecule has 1 unspecified atom stereocenters. The van der Waals surface area contributed by atoms with Gasteiger partial charge in [0.15, 0.2) is 0 Å². The minimum absolute atomic E-state index is 0.0157. The average Bonchev–Trinajstić information content (AvgIpc) is 3.22. The number of benzene rings is 2. The number of nitrogens with zero attached hydrogens (tertiary/aromatic N) is 1. The number of aliphatic hydroxyl groups is 1. The van der Waals surface area contributed by atoms with Gasteiger partial charge in [0.05, 0.1) is 6.10 Å². The molecule has 1 saturated carbocycles. The lowest BCUT2D eigenvalue weighted by molar-refractivity contribution is 0.0546. The Morgan fingerprint density at radius 3 is 2.48 bits per heavy atom. The van der Waals surface area contributed by atoms with E-state index >= 15 is 0 Å². The highest BCUT2D eigenvalue weighted by Gasteiger charge is 2.28. The predicted molar refractivity (Wildman–Crippen MR) is 118 cm³/mol. The Bertz CT molecular complexity index is 909. The Balaban J connectivity index is 1.33. The maximum atomic E-state index is 13.2. The molecular formula is C25H31FN2O3. The molecule has 31 heavy (non-hydrogen) atoms. The number of aliphatic hydroxyl groups excluding tert-OH is 1. The van der Waals surface area contributed by atoms with Crippen molar-refractivity contribution in [3.63, 3.8) is 0 Å². The molecule has 6 heteroatoms. The third-order valence-electron chi connectivity index (χ3n) is 6.76. The highest BCUT2D eigenvalue weighted by atomic mass is 19.1. The van der Waals surface area contributed by atoms with Gasteiger partial charge >= 0.3 is 0 Å². The van der Waals surface area contributed by atoms with E-state index in [1.165, 1.54) is 11.6 Å². The van der Waals surface area contributed by atoms with Crippen LogP contribution in [0.4, 0.5) is 4.39 Å². The zero-order chi connectivity index (χ0) is 22.0. The van der Waals surface area contributed by atoms with Crippen LogP contribution in [0.2, 0.25) is 0 Å². The summed E-state index contributed by atoms with van der Waals surface area (Å²) < 4.78 is 13.2. The summed E-state index contributed by atoms with van der Waals surface area (Å²) in [6, 6.07) is 12.4. The molecule has 2 fully saturated rings. The van der Waals surface area contributed by atoms with Crippen LogP contribution in [0.25, 0.3) is 0 Å². The molecular weight excluding hydrogens is 395 g/mol. The Labute approximate surface area is 182 Å². The van der Waals surface area contributed by atoms with Crippen LogP contribution in [0.1, 0.15) is 72.5 Å². The Hall–Kier alpha value is -2.44. The number of piperidine rings is 1. The highest BCUT2D eigenvalue weighted by Crippen LogP contribution is 2.36. The molecule has 2 aromatic carbocycles. The van der Waals surface area contributed by atoms with Gasteiger partial charge in [0, 0.05) is 42.4 Å². The summed E-state index contributed by atoms with van der Waals surface area (Å²) in [6.07, 6.45) is 4.10. The molecule has 1 saturated heterocycles. The summed E-state index contributed by atoms with van der Waals surface area (Å²) >= 11 is 0. The predicted octanol–water partition coefficient (Wildman–Crippen LogP) is 4.12. The second-order valence-electron chi connectivity index (χ2n) is 8.94. The van der Waals surface area contributed by atoms with Crippen LogP contribution in [-0.2, 0) is 0 Å². The fourth-order valence-electron chi connectivity index (χ4n) is 4.91. The van der Waals surface area contributed by atoms with E-state index in [-0.39, 0.29) is 23.8 Å². The molecule has 0 spiro atoms. The van der Waals surface area contributed by atoms with Gasteiger partial charge in [-0.1, -0.05) is 18.2 Å². The fraction of sp³-hybridized carbons (Fsp3) is 0.480. The number of amides is 1. The molecule has 166 valence electrons. The lowest BCUT2D eigenvalue weighted by atomic mass is 9.96. The Morgan fingerprint density at radius 2 is 1.81 bits per heavy atom. The Morgan fingerprint density at radius 1 is 1.10 bits per heavy atom. The third kappa shape index (κ3) is 5.08. The van der Waals surface area contributed by atoms with Crippen LogP contribution < -0.4 is 5.32 Å². The largest absolute Gasteiger partial charge is 0.508 e. The van der Waals surface area contributed by atoms with Crippen molar-refractivity contribution in [1.82, 2.24) is 10.2 Å². The molecule has 5 nitrogen and oxygen atoms in total. The van der Waals surface area contributed by atoms with Gasteiger partial charge in [0.25, 0.3) is 5.91 Å². The number of phenolic OH excluding ortho intramolecular Hbond substituents is 1. The first-order valence-electron chi connectivity index (χ1n) is 11.2. The summed E-state index contributed by atoms with van der Waals surface area (Å²) in [4.78, 5) is 14.5. The maximum absolute atomic E-state index is 13.2. The van der Waals surface area contributed by atoms with Gasteiger partial charge in [0.1, 0.15) is 11.6 Å². The van der Waals surface area contributed by atoms with Gasteiger partial charge in [-0.2, -0.15) is 0 Å². The monoisotopic (exact) mass is 426 g/mol. The summed E-state index contributed by atoms with van der Waals surface area (Å²) in [5, 5.41) is 23.2. The minimum atomic E-state index is -0.436. The Kier molecular flexibility index (Phi) is 6.58. The number of carbonyl (C=O) groups is 1. The van der Waals surface area contributed by atoms with Crippen LogP contribution in [-0.4, -0.2) is 46.3 Å². The topological polar surface area (TPSA) is 72.8 Å². The van der Waals surface area contributed by atoms with E-state index in [0.717, 1.165) is 25.3 Å². The van der Waals surface area contributed by atoms with Crippen molar-refractivity contribution in [2.45, 2.75) is 63.1 Å². The zero-order valence-corrected chi connectivity index (χ0v) is 17.9. The van der Waals surface area contributed by atoms with Crippen LogP contribution >= 0.6 is 0 Å². The van der Waals surface area contributed by atoms with Gasteiger partial charge in [-0.05, 0) is 68.7 Å². The number of aromatic hydroxyl groups is 1. The first kappa shape index (κ1) is 21.8. The minimum Gasteiger partial charge on any atom is -0.508 e. The quantitative estimate of drug-likeness (QED) is 0.673. The van der Waals surface area contributed by atoms with Crippen molar-refractivity contribution in [3.05, 3.63) is 65.0 Å². The van der Waals surface area contributed by atoms with Crippen molar-refractivity contribution in [2.24, 2.45) is 0 Å². The molecule has 0 radical (unpaired) electrons. The van der Waals surface area contributed by atoms with E-state index in [2.05, 4.69) is 17.4 Å². The van der Waals surface area contributed by atoms with Crippen molar-refractivity contribution in [3.8, 4) is 5.75 Å². The highest BCUT2D eigenvalue weighted by molar-refractivity contribution is 5.94. The van der Waals surface area contributed by atoms with Gasteiger partial charge in [0.2, 0.25) is 0 Å². The molecule has 2 aromatic rings. The van der Waals surface area contributed by atoms with E-state index in [0.29, 0.717) is 49.0 Å². The van der Waals surface area contributed by atoms with E-state index < -0.39 is 5.82 Å². The van der Waals surface area contributed by atoms with E-state index in [9.17, 15) is 19.4 Å². The summed E-state index contributed by atoms with van der Waals surface area (Å²) in [7, 11) is 0. The van der Waals surface area contributed by atoms with E-state index in [4.69, 9.17) is 0 Å². The van der Waals surface area contributed by atoms with Gasteiger partial charge in [-0.25, -0.2) is 4.39 Å². The van der Waals surface area contributed by atoms with Crippen LogP contribution in [0, 0.1) is 5.82 Å². The summed E-state index contributed by atoms with van der Waals surface area (Å²) in [5.41, 5.74) is 2.65. The van der Waals surface area contributed by atoms with E-state index in [1.54, 1.807) is 6.07 Å². The van der Waals surface area contributed by atoms with Crippen LogP contribution in [0.15, 0.2) is 42.5 Å². The molecule has 2 aliphatic rings. The molecule has 1 aliphatic heterocycles. The number of phenols is 1. The second-order valence-corrected chi connectivity index (χ2v) is 8.94. The van der Waals surface area contributed by atoms with Crippen LogP contribution in [0.5, 0.6) is 5.75 Å². The normalized spacial score (nSPS) is 23.1. The first-order valence-corrected chi connectivity index (χ1v) is 11.2. The van der Waals surface area contributed by atoms with Gasteiger partial charge < -0.3 is 20.4 Å². The smallest absolute Gasteiger partial charge is 0.253 e. The number of carbonyl (C=O) groups excluding carboxylic acids is 1. The van der Waals surface area contributed by atoms with Crippen molar-refractivity contribution in [2.75, 3.05) is 13.1 Å². The average molecular weight is 427 g/mol. The number of halogens is 1. The van der Waals surface area contributed by atoms with E-state index in [1.807, 2.05) is 24.0 Å². The lowest BCUT2D eigenvalue weighted by Crippen LogP contribution is -2.40. The van der Waals surface area contributed by atoms with Crippen molar-refractivity contribution < 1.29 is 19.4 Å². The summed E-state index contributed by atoms with van der Waals surface area (Å²) in [5.74, 6) is 0.0188. The standard InChI is InChI=1S/C25H31FN2O3/c1-16(23-9-7-20(26)15-24(23)30)27-21-8-6-19(14-21)17-2-4-18(5-3-17)25(31)28-12-10-22(29)11-13-28/h2-5,7,9,15-16,19,21-22,27,29-30H,6,8,10-14H2,1H3/t16-,19+,21?/m1/s1. The number of nitrogens with one attached hydrogen (secondary N) is 1. The molecule has 0 aromatic heterocycles. The third-order valence-corrected chi connectivity index (χ3v) is 6.76. The fourth-order valence-corrected chi connectivity index (χ4v) is 4.91. The second kappa shape index (κ2) is 9.37. The molecule has 1 amide bonds. The van der Waals surface area contributed by atoms with Crippen molar-refractivity contribution >= 4 is 5.91 Å². The molecule has 0 bridgehead atoms. The number of rotatable bonds is 5. The molecule has 3 N–H and O–H groups in total. The number of hydrogen-bond donors (Lipinski definition) is 3.